The van der Waals surface area contributed by atoms with Gasteiger partial charge in [0.2, 0.25) is 0 Å². The lowest BCUT2D eigenvalue weighted by Crippen LogP contribution is -2.46. The predicted octanol–water partition coefficient (Wildman–Crippen LogP) is 2.75. The zero-order chi connectivity index (χ0) is 16.8. The summed E-state index contributed by atoms with van der Waals surface area (Å²) in [5.74, 6) is -0.696. The Morgan fingerprint density at radius 2 is 1.70 bits per heavy atom. The van der Waals surface area contributed by atoms with E-state index in [1.165, 1.54) is 26.4 Å². The molecule has 1 amide bonds. The van der Waals surface area contributed by atoms with Gasteiger partial charge in [-0.05, 0) is 49.3 Å². The van der Waals surface area contributed by atoms with Gasteiger partial charge in [0.25, 0.3) is 5.91 Å². The molecule has 1 aromatic rings. The Kier molecular flexibility index (Phi) is 6.10. The third-order valence-electron chi connectivity index (χ3n) is 4.23. The van der Waals surface area contributed by atoms with Crippen LogP contribution in [0.1, 0.15) is 52.8 Å². The first-order valence-corrected chi connectivity index (χ1v) is 8.20. The van der Waals surface area contributed by atoms with E-state index in [1.807, 2.05) is 11.9 Å². The number of nitrogens with zero attached hydrogens (tertiary/aromatic N) is 1. The van der Waals surface area contributed by atoms with Crippen molar-refractivity contribution in [3.05, 3.63) is 35.4 Å². The van der Waals surface area contributed by atoms with E-state index in [1.54, 1.807) is 24.3 Å². The summed E-state index contributed by atoms with van der Waals surface area (Å²) in [5.41, 5.74) is 0.864. The van der Waals surface area contributed by atoms with Crippen LogP contribution < -0.4 is 5.32 Å². The predicted molar refractivity (Wildman–Crippen MR) is 92.5 cm³/mol. The number of hydrogen-bond donors (Lipinski definition) is 1. The Labute approximate surface area is 142 Å². The van der Waals surface area contributed by atoms with Crippen molar-refractivity contribution in [2.24, 2.45) is 0 Å². The molecule has 0 aliphatic heterocycles. The minimum atomic E-state index is -0.426. The molecule has 1 N–H and O–H groups in total. The van der Waals surface area contributed by atoms with E-state index in [9.17, 15) is 9.59 Å². The molecule has 0 heterocycles. The first-order chi connectivity index (χ1) is 11.0. The van der Waals surface area contributed by atoms with Crippen molar-refractivity contribution >= 4 is 29.2 Å². The summed E-state index contributed by atoms with van der Waals surface area (Å²) in [6, 6.07) is 6.71. The van der Waals surface area contributed by atoms with Gasteiger partial charge in [-0.1, -0.05) is 19.3 Å². The molecule has 2 rings (SSSR count). The maximum absolute atomic E-state index is 12.3. The number of nitrogens with one attached hydrogen (secondary N) is 1. The van der Waals surface area contributed by atoms with Crippen LogP contribution >= 0.6 is 12.2 Å². The monoisotopic (exact) mass is 334 g/mol. The van der Waals surface area contributed by atoms with Crippen molar-refractivity contribution in [2.45, 2.75) is 38.1 Å². The van der Waals surface area contributed by atoms with Gasteiger partial charge in [0, 0.05) is 18.7 Å². The molecule has 23 heavy (non-hydrogen) atoms. The quantitative estimate of drug-likeness (QED) is 0.680. The zero-order valence-electron chi connectivity index (χ0n) is 13.5. The summed E-state index contributed by atoms with van der Waals surface area (Å²) >= 11 is 5.34. The lowest BCUT2D eigenvalue weighted by atomic mass is 9.95. The summed E-state index contributed by atoms with van der Waals surface area (Å²) < 4.78 is 4.63. The Balaban J connectivity index is 1.95. The highest BCUT2D eigenvalue weighted by molar-refractivity contribution is 7.80. The van der Waals surface area contributed by atoms with E-state index in [2.05, 4.69) is 10.1 Å². The van der Waals surface area contributed by atoms with Gasteiger partial charge < -0.3 is 9.64 Å². The third-order valence-corrected chi connectivity index (χ3v) is 4.62. The molecule has 124 valence electrons. The topological polar surface area (TPSA) is 58.6 Å². The molecular weight excluding hydrogens is 312 g/mol. The van der Waals surface area contributed by atoms with Gasteiger partial charge in [-0.2, -0.15) is 0 Å². The van der Waals surface area contributed by atoms with E-state index in [4.69, 9.17) is 12.2 Å². The number of methoxy groups -OCH3 is 1. The third kappa shape index (κ3) is 4.51. The van der Waals surface area contributed by atoms with Gasteiger partial charge >= 0.3 is 5.97 Å². The highest BCUT2D eigenvalue weighted by atomic mass is 32.1. The molecule has 0 aromatic heterocycles. The first-order valence-electron chi connectivity index (χ1n) is 7.79. The highest BCUT2D eigenvalue weighted by Crippen LogP contribution is 2.21. The van der Waals surface area contributed by atoms with E-state index < -0.39 is 5.97 Å². The molecule has 0 unspecified atom stereocenters. The average molecular weight is 334 g/mol. The van der Waals surface area contributed by atoms with Gasteiger partial charge in [0.15, 0.2) is 5.11 Å². The molecule has 5 nitrogen and oxygen atoms in total. The van der Waals surface area contributed by atoms with Gasteiger partial charge in [0.1, 0.15) is 0 Å². The Morgan fingerprint density at radius 3 is 2.26 bits per heavy atom. The van der Waals surface area contributed by atoms with Crippen LogP contribution in [0.3, 0.4) is 0 Å². The van der Waals surface area contributed by atoms with Gasteiger partial charge in [-0.25, -0.2) is 4.79 Å². The van der Waals surface area contributed by atoms with Crippen molar-refractivity contribution in [3.8, 4) is 0 Å². The van der Waals surface area contributed by atoms with Crippen LogP contribution in [0.15, 0.2) is 24.3 Å². The number of carbonyl (C=O) groups is 2. The second kappa shape index (κ2) is 8.06. The summed E-state index contributed by atoms with van der Waals surface area (Å²) in [6.45, 7) is 0. The van der Waals surface area contributed by atoms with Crippen molar-refractivity contribution in [1.82, 2.24) is 10.2 Å². The zero-order valence-corrected chi connectivity index (χ0v) is 14.3. The number of thiocarbonyl (C=S) groups is 1. The summed E-state index contributed by atoms with van der Waals surface area (Å²) in [7, 11) is 3.25. The van der Waals surface area contributed by atoms with E-state index >= 15 is 0 Å². The van der Waals surface area contributed by atoms with Crippen molar-refractivity contribution < 1.29 is 14.3 Å². The van der Waals surface area contributed by atoms with Crippen LogP contribution in [0.25, 0.3) is 0 Å². The highest BCUT2D eigenvalue weighted by Gasteiger charge is 2.21. The minimum absolute atomic E-state index is 0.269. The number of carbonyl (C=O) groups excluding carboxylic acids is 2. The van der Waals surface area contributed by atoms with Crippen LogP contribution in [0.2, 0.25) is 0 Å². The molecule has 1 aliphatic carbocycles. The fourth-order valence-electron chi connectivity index (χ4n) is 2.77. The number of ether oxygens (including phenoxy) is 1. The van der Waals surface area contributed by atoms with Gasteiger partial charge in [-0.3, -0.25) is 10.1 Å². The van der Waals surface area contributed by atoms with E-state index in [0.29, 0.717) is 22.3 Å². The van der Waals surface area contributed by atoms with E-state index in [-0.39, 0.29) is 5.91 Å². The first kappa shape index (κ1) is 17.4. The molecule has 0 bridgehead atoms. The van der Waals surface area contributed by atoms with Crippen LogP contribution in [0, 0.1) is 0 Å². The van der Waals surface area contributed by atoms with Crippen LogP contribution in [0.5, 0.6) is 0 Å². The summed E-state index contributed by atoms with van der Waals surface area (Å²) in [5, 5.41) is 3.20. The minimum Gasteiger partial charge on any atom is -0.465 e. The summed E-state index contributed by atoms with van der Waals surface area (Å²) in [6.07, 6.45) is 5.91. The molecule has 1 aliphatic rings. The van der Waals surface area contributed by atoms with Gasteiger partial charge in [-0.15, -0.1) is 0 Å². The molecular formula is C17H22N2O3S. The Bertz CT molecular complexity index is 580. The maximum atomic E-state index is 12.3. The SMILES string of the molecule is COC(=O)c1ccc(C(=O)NC(=S)N(C)C2CCCCC2)cc1. The molecule has 0 atom stereocenters. The van der Waals surface area contributed by atoms with E-state index in [0.717, 1.165) is 12.8 Å². The fraction of sp³-hybridized carbons (Fsp3) is 0.471. The van der Waals surface area contributed by atoms with Crippen LogP contribution in [0.4, 0.5) is 0 Å². The van der Waals surface area contributed by atoms with Crippen LogP contribution in [-0.4, -0.2) is 42.1 Å². The number of esters is 1. The van der Waals surface area contributed by atoms with Crippen molar-refractivity contribution in [2.75, 3.05) is 14.2 Å². The second-order valence-electron chi connectivity index (χ2n) is 5.73. The fourth-order valence-corrected chi connectivity index (χ4v) is 3.01. The smallest absolute Gasteiger partial charge is 0.337 e. The second-order valence-corrected chi connectivity index (χ2v) is 6.12. The Morgan fingerprint density at radius 1 is 1.13 bits per heavy atom. The average Bonchev–Trinajstić information content (AvgIpc) is 2.61. The Hall–Kier alpha value is -1.95. The van der Waals surface area contributed by atoms with Crippen molar-refractivity contribution in [1.29, 1.82) is 0 Å². The van der Waals surface area contributed by atoms with Gasteiger partial charge in [0.05, 0.1) is 12.7 Å². The lowest BCUT2D eigenvalue weighted by Gasteiger charge is -2.32. The van der Waals surface area contributed by atoms with Crippen molar-refractivity contribution in [3.63, 3.8) is 0 Å². The molecule has 6 heteroatoms. The molecule has 0 radical (unpaired) electrons. The molecule has 1 saturated carbocycles. The van der Waals surface area contributed by atoms with Crippen LogP contribution in [-0.2, 0) is 4.74 Å². The standard InChI is InChI=1S/C17H22N2O3S/c1-19(14-6-4-3-5-7-14)17(23)18-15(20)12-8-10-13(11-9-12)16(21)22-2/h8-11,14H,3-7H2,1-2H3,(H,18,20,23). The molecule has 0 spiro atoms. The number of rotatable bonds is 3. The number of amides is 1. The maximum Gasteiger partial charge on any atom is 0.337 e. The lowest BCUT2D eigenvalue weighted by molar-refractivity contribution is 0.0600. The summed E-state index contributed by atoms with van der Waals surface area (Å²) in [4.78, 5) is 25.6. The largest absolute Gasteiger partial charge is 0.465 e. The number of hydrogen-bond acceptors (Lipinski definition) is 4. The number of benzene rings is 1. The normalized spacial score (nSPS) is 14.9. The molecule has 1 aromatic carbocycles. The molecule has 1 fully saturated rings. The molecule has 0 saturated heterocycles.